The third-order valence-electron chi connectivity index (χ3n) is 0. The van der Waals surface area contributed by atoms with Gasteiger partial charge in [0.25, 0.3) is 0 Å². The van der Waals surface area contributed by atoms with E-state index in [2.05, 4.69) is 0 Å². The van der Waals surface area contributed by atoms with Crippen LogP contribution < -0.4 is 103 Å². The molecule has 0 aromatic rings. The van der Waals surface area contributed by atoms with Crippen LogP contribution in [-0.2, 0) is 10.4 Å². The third kappa shape index (κ3) is 698. The van der Waals surface area contributed by atoms with E-state index in [1.54, 1.807) is 0 Å². The van der Waals surface area contributed by atoms with Gasteiger partial charge in [-0.05, 0) is 0 Å². The Morgan fingerprint density at radius 1 is 0.471 bits per heavy atom. The van der Waals surface area contributed by atoms with Crippen LogP contribution in [0.2, 0.25) is 0 Å². The Bertz CT molecular complexity index is 97.4. The smallest absolute Gasteiger partial charge is 0.759 e. The molecule has 0 atom stereocenters. The Morgan fingerprint density at radius 2 is 0.471 bits per heavy atom. The maximum absolute atomic E-state index is 8.52. The fourth-order valence-corrected chi connectivity index (χ4v) is 0. The van der Waals surface area contributed by atoms with E-state index in [1.807, 2.05) is 0 Å². The van der Waals surface area contributed by atoms with Crippen molar-refractivity contribution in [3.63, 3.8) is 0 Å². The molecule has 0 heterocycles. The molecule has 0 aliphatic carbocycles. The normalized spacial score (nSPS) is 3.41. The van der Waals surface area contributed by atoms with Crippen molar-refractivity contribution in [3.05, 3.63) is 0 Å². The van der Waals surface area contributed by atoms with Gasteiger partial charge >= 0.3 is 103 Å². The van der Waals surface area contributed by atoms with Crippen LogP contribution in [0.4, 0.5) is 0 Å². The molecule has 14 nitrogen and oxygen atoms in total. The molecule has 0 rings (SSSR count). The van der Waals surface area contributed by atoms with Gasteiger partial charge in [0.05, 0.1) is 0 Å². The molecule has 112 valence electrons. The van der Waals surface area contributed by atoms with Crippen molar-refractivity contribution >= 4 is 10.4 Å². The molecular formula is H20K2O14S. The fourth-order valence-electron chi connectivity index (χ4n) is 0. The van der Waals surface area contributed by atoms with Crippen molar-refractivity contribution < 1.29 is 175 Å². The zero-order chi connectivity index (χ0) is 4.50. The topological polar surface area (TPSA) is 395 Å². The minimum Gasteiger partial charge on any atom is -0.759 e. The summed E-state index contributed by atoms with van der Waals surface area (Å²) in [6, 6.07) is 0. The van der Waals surface area contributed by atoms with Crippen LogP contribution in [0.25, 0.3) is 0 Å². The summed E-state index contributed by atoms with van der Waals surface area (Å²) in [6.45, 7) is 0. The second-order valence-electron chi connectivity index (χ2n) is 0.408. The summed E-state index contributed by atoms with van der Waals surface area (Å²) in [5.74, 6) is 0. The van der Waals surface area contributed by atoms with Gasteiger partial charge in [0.2, 0.25) is 0 Å². The summed E-state index contributed by atoms with van der Waals surface area (Å²) in [4.78, 5) is 0. The Morgan fingerprint density at radius 3 is 0.471 bits per heavy atom. The molecule has 0 spiro atoms. The van der Waals surface area contributed by atoms with Crippen LogP contribution >= 0.6 is 0 Å². The molecule has 17 heteroatoms. The van der Waals surface area contributed by atoms with Crippen molar-refractivity contribution in [2.24, 2.45) is 0 Å². The molecule has 0 bridgehead atoms. The van der Waals surface area contributed by atoms with Gasteiger partial charge in [-0.1, -0.05) is 0 Å². The number of hydrogen-bond acceptors (Lipinski definition) is 4. The Labute approximate surface area is 182 Å². The molecule has 0 aromatic heterocycles. The van der Waals surface area contributed by atoms with Gasteiger partial charge in [0.1, 0.15) is 0 Å². The van der Waals surface area contributed by atoms with Crippen LogP contribution in [0.5, 0.6) is 0 Å². The van der Waals surface area contributed by atoms with Crippen LogP contribution in [0.3, 0.4) is 0 Å². The van der Waals surface area contributed by atoms with Gasteiger partial charge < -0.3 is 63.9 Å². The molecule has 0 unspecified atom stereocenters. The summed E-state index contributed by atoms with van der Waals surface area (Å²) in [7, 11) is -5.17. The zero-order valence-electron chi connectivity index (χ0n) is 9.04. The summed E-state index contributed by atoms with van der Waals surface area (Å²) in [5.41, 5.74) is 0. The third-order valence-corrected chi connectivity index (χ3v) is 0. The van der Waals surface area contributed by atoms with Gasteiger partial charge in [0.15, 0.2) is 0 Å². The molecule has 0 aliphatic rings. The van der Waals surface area contributed by atoms with Gasteiger partial charge in [-0.2, -0.15) is 0 Å². The van der Waals surface area contributed by atoms with Crippen LogP contribution in [0, 0.1) is 0 Å². The number of rotatable bonds is 0. The predicted molar refractivity (Wildman–Crippen MR) is 46.6 cm³/mol. The van der Waals surface area contributed by atoms with E-state index in [1.165, 1.54) is 0 Å². The van der Waals surface area contributed by atoms with Gasteiger partial charge in [-0.15, -0.1) is 0 Å². The Kier molecular flexibility index (Phi) is 693. The molecule has 0 radical (unpaired) electrons. The van der Waals surface area contributed by atoms with E-state index in [9.17, 15) is 0 Å². The fraction of sp³-hybridized carbons (Fsp3) is 0. The maximum atomic E-state index is 8.52. The molecule has 0 aliphatic heterocycles. The van der Waals surface area contributed by atoms with E-state index in [4.69, 9.17) is 17.5 Å². The van der Waals surface area contributed by atoms with E-state index < -0.39 is 10.4 Å². The first-order valence-corrected chi connectivity index (χ1v) is 2.00. The molecule has 0 saturated heterocycles. The maximum Gasteiger partial charge on any atom is 1.00 e. The van der Waals surface area contributed by atoms with E-state index >= 15 is 0 Å². The van der Waals surface area contributed by atoms with E-state index in [-0.39, 0.29) is 158 Å². The van der Waals surface area contributed by atoms with Gasteiger partial charge in [-0.25, -0.2) is 0 Å². The molecule has 0 fully saturated rings. The van der Waals surface area contributed by atoms with Crippen LogP contribution in [-0.4, -0.2) is 72.3 Å². The summed E-state index contributed by atoms with van der Waals surface area (Å²) in [6.07, 6.45) is 0. The molecule has 0 saturated carbocycles. The summed E-state index contributed by atoms with van der Waals surface area (Å²) >= 11 is 0. The molecule has 17 heavy (non-hydrogen) atoms. The first-order valence-electron chi connectivity index (χ1n) is 0.667. The standard InChI is InChI=1S/2K.H2O4S.10H2O/c;;1-5(2,3)4;;;;;;;;;;/h;;(H2,1,2,3,4);10*1H2/q2*+1;;;;;;;;;;;/p-2. The molecular weight excluding hydrogens is 334 g/mol. The van der Waals surface area contributed by atoms with Crippen LogP contribution in [0.15, 0.2) is 0 Å². The van der Waals surface area contributed by atoms with E-state index in [0.717, 1.165) is 0 Å². The van der Waals surface area contributed by atoms with Gasteiger partial charge in [0, 0.05) is 10.4 Å². The van der Waals surface area contributed by atoms with Crippen molar-refractivity contribution in [2.75, 3.05) is 0 Å². The second-order valence-corrected chi connectivity index (χ2v) is 1.22. The van der Waals surface area contributed by atoms with Crippen molar-refractivity contribution in [2.45, 2.75) is 0 Å². The summed E-state index contributed by atoms with van der Waals surface area (Å²) in [5, 5.41) is 0. The molecule has 0 aromatic carbocycles. The molecule has 0 amide bonds. The quantitative estimate of drug-likeness (QED) is 0.232. The van der Waals surface area contributed by atoms with Crippen molar-refractivity contribution in [1.82, 2.24) is 0 Å². The SMILES string of the molecule is O.O.O.O.O.O.O.O.O.O.O=S(=O)([O-])[O-].[K+].[K+]. The monoisotopic (exact) mass is 354 g/mol. The first kappa shape index (κ1) is 153. The predicted octanol–water partition coefficient (Wildman–Crippen LogP) is -15.6. The van der Waals surface area contributed by atoms with Crippen molar-refractivity contribution in [3.8, 4) is 0 Å². The van der Waals surface area contributed by atoms with E-state index in [0.29, 0.717) is 0 Å². The minimum atomic E-state index is -5.17. The summed E-state index contributed by atoms with van der Waals surface area (Å²) < 4.78 is 34.1. The minimum absolute atomic E-state index is 0. The second kappa shape index (κ2) is 77.2. The molecule has 20 N–H and O–H groups in total. The Balaban J connectivity index is -0.00000000121. The van der Waals surface area contributed by atoms with Crippen molar-refractivity contribution in [1.29, 1.82) is 0 Å². The largest absolute Gasteiger partial charge is 1.00 e. The average molecular weight is 354 g/mol. The number of hydrogen-bond donors (Lipinski definition) is 0. The Hall–Kier alpha value is 2.74. The van der Waals surface area contributed by atoms with Crippen LogP contribution in [0.1, 0.15) is 0 Å². The van der Waals surface area contributed by atoms with Gasteiger partial charge in [-0.3, -0.25) is 8.42 Å². The zero-order valence-corrected chi connectivity index (χ0v) is 16.1. The first-order chi connectivity index (χ1) is 2.00. The average Bonchev–Trinajstić information content (AvgIpc) is 0.722.